The van der Waals surface area contributed by atoms with E-state index >= 15 is 0 Å². The van der Waals surface area contributed by atoms with Crippen molar-refractivity contribution in [3.05, 3.63) is 101 Å². The van der Waals surface area contributed by atoms with Gasteiger partial charge in [-0.05, 0) is 56.2 Å². The van der Waals surface area contributed by atoms with Gasteiger partial charge in [0.1, 0.15) is 0 Å². The second-order valence-corrected chi connectivity index (χ2v) is 8.98. The number of hydrogen-bond acceptors (Lipinski definition) is 3. The second-order valence-electron chi connectivity index (χ2n) is 8.98. The van der Waals surface area contributed by atoms with Crippen LogP contribution in [0.25, 0.3) is 5.69 Å². The number of benzene rings is 2. The van der Waals surface area contributed by atoms with E-state index in [1.807, 2.05) is 47.3 Å². The van der Waals surface area contributed by atoms with E-state index in [0.29, 0.717) is 5.69 Å². The fraction of sp³-hybridized carbons (Fsp3) is 0.296. The SMILES string of the molecule is O=C(N[C@H]1CCCc2c1cnn2Cc1ccccc1)c1nn(-c2ccccc2)c2c1CCC2. The van der Waals surface area contributed by atoms with Crippen LogP contribution < -0.4 is 5.32 Å². The number of hydrogen-bond donors (Lipinski definition) is 1. The van der Waals surface area contributed by atoms with Crippen LogP contribution >= 0.6 is 0 Å². The zero-order valence-corrected chi connectivity index (χ0v) is 18.6. The summed E-state index contributed by atoms with van der Waals surface area (Å²) in [4.78, 5) is 13.4. The highest BCUT2D eigenvalue weighted by atomic mass is 16.2. The van der Waals surface area contributed by atoms with Gasteiger partial charge in [0.2, 0.25) is 0 Å². The summed E-state index contributed by atoms with van der Waals surface area (Å²) < 4.78 is 4.05. The lowest BCUT2D eigenvalue weighted by Gasteiger charge is -2.24. The molecule has 1 amide bonds. The molecule has 0 saturated carbocycles. The van der Waals surface area contributed by atoms with Crippen molar-refractivity contribution < 1.29 is 4.79 Å². The number of para-hydroxylation sites is 1. The maximum absolute atomic E-state index is 13.4. The molecular weight excluding hydrogens is 410 g/mol. The Labute approximate surface area is 193 Å². The molecule has 2 aliphatic carbocycles. The molecule has 0 aliphatic heterocycles. The first-order chi connectivity index (χ1) is 16.3. The lowest BCUT2D eigenvalue weighted by atomic mass is 9.92. The first kappa shape index (κ1) is 20.0. The van der Waals surface area contributed by atoms with E-state index in [0.717, 1.165) is 61.9 Å². The van der Waals surface area contributed by atoms with Gasteiger partial charge < -0.3 is 5.32 Å². The number of aromatic nitrogens is 4. The second kappa shape index (κ2) is 8.35. The quantitative estimate of drug-likeness (QED) is 0.503. The van der Waals surface area contributed by atoms with Crippen LogP contribution in [0.4, 0.5) is 0 Å². The van der Waals surface area contributed by atoms with E-state index in [-0.39, 0.29) is 11.9 Å². The van der Waals surface area contributed by atoms with Crippen molar-refractivity contribution in [1.29, 1.82) is 0 Å². The average molecular weight is 438 g/mol. The van der Waals surface area contributed by atoms with Crippen molar-refractivity contribution in [2.24, 2.45) is 0 Å². The lowest BCUT2D eigenvalue weighted by molar-refractivity contribution is 0.0926. The highest BCUT2D eigenvalue weighted by Gasteiger charge is 2.30. The predicted octanol–water partition coefficient (Wildman–Crippen LogP) is 4.41. The third-order valence-electron chi connectivity index (χ3n) is 6.89. The standard InChI is InChI=1S/C27H27N5O/c33-27(26-21-13-7-16-25(21)32(30-26)20-11-5-2-6-12-20)29-23-14-8-15-24-22(23)17-28-31(24)18-19-9-3-1-4-10-19/h1-6,9-12,17,23H,7-8,13-16,18H2,(H,29,33)/t23-/m0/s1. The summed E-state index contributed by atoms with van der Waals surface area (Å²) in [7, 11) is 0. The summed E-state index contributed by atoms with van der Waals surface area (Å²) in [6.45, 7) is 0.756. The Balaban J connectivity index is 1.26. The third kappa shape index (κ3) is 3.65. The van der Waals surface area contributed by atoms with Crippen LogP contribution in [-0.4, -0.2) is 25.5 Å². The number of amides is 1. The summed E-state index contributed by atoms with van der Waals surface area (Å²) in [5.74, 6) is -0.0727. The van der Waals surface area contributed by atoms with Crippen molar-refractivity contribution in [2.45, 2.75) is 51.1 Å². The number of rotatable bonds is 5. The van der Waals surface area contributed by atoms with E-state index in [9.17, 15) is 4.79 Å². The van der Waals surface area contributed by atoms with E-state index in [4.69, 9.17) is 5.10 Å². The minimum atomic E-state index is -0.0727. The first-order valence-corrected chi connectivity index (χ1v) is 11.8. The molecule has 0 unspecified atom stereocenters. The topological polar surface area (TPSA) is 64.7 Å². The van der Waals surface area contributed by atoms with Gasteiger partial charge in [-0.15, -0.1) is 0 Å². The van der Waals surface area contributed by atoms with Crippen LogP contribution in [0.15, 0.2) is 66.9 Å². The molecule has 0 saturated heterocycles. The van der Waals surface area contributed by atoms with Gasteiger partial charge in [0.05, 0.1) is 24.5 Å². The van der Waals surface area contributed by atoms with Gasteiger partial charge in [-0.1, -0.05) is 48.5 Å². The van der Waals surface area contributed by atoms with Gasteiger partial charge in [-0.25, -0.2) is 4.68 Å². The number of fused-ring (bicyclic) bond motifs is 2. The maximum Gasteiger partial charge on any atom is 0.272 e. The van der Waals surface area contributed by atoms with Crippen molar-refractivity contribution in [1.82, 2.24) is 24.9 Å². The molecule has 2 aromatic carbocycles. The Morgan fingerprint density at radius 2 is 1.70 bits per heavy atom. The van der Waals surface area contributed by atoms with Crippen LogP contribution in [0.2, 0.25) is 0 Å². The largest absolute Gasteiger partial charge is 0.344 e. The molecule has 0 spiro atoms. The summed E-state index contributed by atoms with van der Waals surface area (Å²) in [6.07, 6.45) is 7.84. The maximum atomic E-state index is 13.4. The zero-order valence-electron chi connectivity index (χ0n) is 18.6. The van der Waals surface area contributed by atoms with Crippen LogP contribution in [-0.2, 0) is 25.8 Å². The minimum Gasteiger partial charge on any atom is -0.344 e. The van der Waals surface area contributed by atoms with E-state index in [1.165, 1.54) is 17.0 Å². The lowest BCUT2D eigenvalue weighted by Crippen LogP contribution is -2.32. The van der Waals surface area contributed by atoms with Gasteiger partial charge in [-0.2, -0.15) is 10.2 Å². The fourth-order valence-electron chi connectivity index (χ4n) is 5.29. The Morgan fingerprint density at radius 1 is 0.939 bits per heavy atom. The first-order valence-electron chi connectivity index (χ1n) is 11.8. The van der Waals surface area contributed by atoms with Crippen LogP contribution in [0, 0.1) is 0 Å². The molecule has 6 rings (SSSR count). The van der Waals surface area contributed by atoms with E-state index < -0.39 is 0 Å². The van der Waals surface area contributed by atoms with Gasteiger partial charge in [-0.3, -0.25) is 9.48 Å². The molecule has 6 heteroatoms. The van der Waals surface area contributed by atoms with Crippen molar-refractivity contribution in [2.75, 3.05) is 0 Å². The molecule has 166 valence electrons. The van der Waals surface area contributed by atoms with Gasteiger partial charge >= 0.3 is 0 Å². The predicted molar refractivity (Wildman–Crippen MR) is 127 cm³/mol. The van der Waals surface area contributed by atoms with Gasteiger partial charge in [0.15, 0.2) is 5.69 Å². The van der Waals surface area contributed by atoms with Crippen molar-refractivity contribution >= 4 is 5.91 Å². The molecule has 2 aromatic heterocycles. The summed E-state index contributed by atoms with van der Waals surface area (Å²) in [6, 6.07) is 20.5. The van der Waals surface area contributed by atoms with E-state index in [1.54, 1.807) is 0 Å². The Kier molecular flexibility index (Phi) is 5.06. The summed E-state index contributed by atoms with van der Waals surface area (Å²) >= 11 is 0. The smallest absolute Gasteiger partial charge is 0.272 e. The molecule has 33 heavy (non-hydrogen) atoms. The highest BCUT2D eigenvalue weighted by molar-refractivity contribution is 5.94. The Bertz CT molecular complexity index is 1290. The molecule has 4 aromatic rings. The molecule has 6 nitrogen and oxygen atoms in total. The minimum absolute atomic E-state index is 0.0234. The molecule has 1 N–H and O–H groups in total. The van der Waals surface area contributed by atoms with Crippen LogP contribution in [0.3, 0.4) is 0 Å². The Morgan fingerprint density at radius 3 is 2.52 bits per heavy atom. The number of nitrogens with zero attached hydrogens (tertiary/aromatic N) is 4. The Hall–Kier alpha value is -3.67. The van der Waals surface area contributed by atoms with E-state index in [2.05, 4.69) is 39.4 Å². The third-order valence-corrected chi connectivity index (χ3v) is 6.89. The van der Waals surface area contributed by atoms with Gasteiger partial charge in [0.25, 0.3) is 5.91 Å². The normalized spacial score (nSPS) is 16.9. The molecule has 2 heterocycles. The molecule has 2 aliphatic rings. The highest BCUT2D eigenvalue weighted by Crippen LogP contribution is 2.32. The van der Waals surface area contributed by atoms with Gasteiger partial charge in [0, 0.05) is 22.5 Å². The number of nitrogens with one attached hydrogen (secondary N) is 1. The molecule has 0 radical (unpaired) electrons. The number of carbonyl (C=O) groups excluding carboxylic acids is 1. The van der Waals surface area contributed by atoms with Crippen molar-refractivity contribution in [3.63, 3.8) is 0 Å². The van der Waals surface area contributed by atoms with Crippen LogP contribution in [0.5, 0.6) is 0 Å². The monoisotopic (exact) mass is 437 g/mol. The molecule has 1 atom stereocenters. The zero-order chi connectivity index (χ0) is 22.2. The molecule has 0 fully saturated rings. The molecular formula is C27H27N5O. The van der Waals surface area contributed by atoms with Crippen LogP contribution in [0.1, 0.15) is 63.9 Å². The number of carbonyl (C=O) groups is 1. The average Bonchev–Trinajstić information content (AvgIpc) is 3.57. The summed E-state index contributed by atoms with van der Waals surface area (Å²) in [5, 5.41) is 12.7. The molecule has 0 bridgehead atoms. The summed E-state index contributed by atoms with van der Waals surface area (Å²) in [5.41, 5.74) is 7.47. The fourth-order valence-corrected chi connectivity index (χ4v) is 5.29. The van der Waals surface area contributed by atoms with Crippen molar-refractivity contribution in [3.8, 4) is 5.69 Å².